The molecule has 0 radical (unpaired) electrons. The summed E-state index contributed by atoms with van der Waals surface area (Å²) in [6.07, 6.45) is 6.34. The van der Waals surface area contributed by atoms with Gasteiger partial charge >= 0.3 is 0 Å². The third kappa shape index (κ3) is 3.88. The number of hydrogen-bond donors (Lipinski definition) is 1. The first-order valence-electron chi connectivity index (χ1n) is 8.27. The van der Waals surface area contributed by atoms with Crippen molar-refractivity contribution in [2.24, 2.45) is 0 Å². The van der Waals surface area contributed by atoms with Crippen LogP contribution in [0.4, 0.5) is 0 Å². The molecule has 0 aromatic heterocycles. The Hall–Kier alpha value is -0.380. The van der Waals surface area contributed by atoms with Gasteiger partial charge in [0.2, 0.25) is 0 Å². The summed E-state index contributed by atoms with van der Waals surface area (Å²) in [5, 5.41) is 3.60. The Bertz CT molecular complexity index is 443. The maximum Gasteiger partial charge on any atom is 0.0334 e. The van der Waals surface area contributed by atoms with Gasteiger partial charge in [-0.15, -0.1) is 0 Å². The summed E-state index contributed by atoms with van der Waals surface area (Å²) < 4.78 is 1.22. The number of benzene rings is 1. The zero-order valence-corrected chi connectivity index (χ0v) is 15.2. The van der Waals surface area contributed by atoms with Gasteiger partial charge in [-0.3, -0.25) is 4.90 Å². The summed E-state index contributed by atoms with van der Waals surface area (Å²) in [5.74, 6) is 0. The van der Waals surface area contributed by atoms with Crippen LogP contribution in [0.15, 0.2) is 28.7 Å². The Kier molecular flexibility index (Phi) is 6.27. The van der Waals surface area contributed by atoms with Crippen molar-refractivity contribution < 1.29 is 0 Å². The molecule has 1 aliphatic heterocycles. The van der Waals surface area contributed by atoms with Crippen molar-refractivity contribution in [3.05, 3.63) is 34.3 Å². The van der Waals surface area contributed by atoms with Crippen molar-refractivity contribution >= 4 is 15.9 Å². The van der Waals surface area contributed by atoms with Crippen LogP contribution >= 0.6 is 15.9 Å². The second-order valence-corrected chi connectivity index (χ2v) is 7.25. The van der Waals surface area contributed by atoms with Crippen LogP contribution in [0.5, 0.6) is 0 Å². The first kappa shape index (κ1) is 17.0. The van der Waals surface area contributed by atoms with E-state index in [9.17, 15) is 0 Å². The minimum Gasteiger partial charge on any atom is -0.315 e. The smallest absolute Gasteiger partial charge is 0.0334 e. The van der Waals surface area contributed by atoms with Crippen molar-refractivity contribution in [1.82, 2.24) is 10.2 Å². The Balaban J connectivity index is 2.18. The topological polar surface area (TPSA) is 15.3 Å². The first-order chi connectivity index (χ1) is 10.1. The highest BCUT2D eigenvalue weighted by Gasteiger charge is 2.38. The zero-order chi connectivity index (χ0) is 15.3. The van der Waals surface area contributed by atoms with Crippen LogP contribution in [0.2, 0.25) is 0 Å². The van der Waals surface area contributed by atoms with Crippen LogP contribution in [-0.4, -0.2) is 36.6 Å². The third-order valence-corrected chi connectivity index (χ3v) is 6.05. The van der Waals surface area contributed by atoms with E-state index in [2.05, 4.69) is 71.3 Å². The van der Waals surface area contributed by atoms with Gasteiger partial charge in [0, 0.05) is 16.1 Å². The van der Waals surface area contributed by atoms with Gasteiger partial charge in [-0.05, 0) is 64.4 Å². The van der Waals surface area contributed by atoms with Crippen LogP contribution in [0.1, 0.15) is 45.1 Å². The van der Waals surface area contributed by atoms with E-state index < -0.39 is 0 Å². The molecule has 0 aliphatic carbocycles. The fraction of sp³-hybridized carbons (Fsp3) is 0.667. The van der Waals surface area contributed by atoms with Gasteiger partial charge in [0.05, 0.1) is 0 Å². The summed E-state index contributed by atoms with van der Waals surface area (Å²) in [5.41, 5.74) is 1.62. The molecule has 1 aromatic rings. The highest BCUT2D eigenvalue weighted by atomic mass is 79.9. The Morgan fingerprint density at radius 1 is 1.24 bits per heavy atom. The van der Waals surface area contributed by atoms with Crippen molar-refractivity contribution in [2.75, 3.05) is 20.1 Å². The predicted octanol–water partition coefficient (Wildman–Crippen LogP) is 4.23. The van der Waals surface area contributed by atoms with E-state index in [-0.39, 0.29) is 5.54 Å². The molecule has 1 fully saturated rings. The first-order valence-corrected chi connectivity index (χ1v) is 9.07. The second-order valence-electron chi connectivity index (χ2n) is 6.40. The molecule has 0 bridgehead atoms. The molecular formula is C18H29BrN2. The van der Waals surface area contributed by atoms with E-state index in [0.29, 0.717) is 6.04 Å². The van der Waals surface area contributed by atoms with Crippen LogP contribution in [0.3, 0.4) is 0 Å². The van der Waals surface area contributed by atoms with Gasteiger partial charge in [-0.25, -0.2) is 0 Å². The Morgan fingerprint density at radius 3 is 2.48 bits per heavy atom. The maximum absolute atomic E-state index is 3.70. The van der Waals surface area contributed by atoms with E-state index in [0.717, 1.165) is 6.42 Å². The maximum atomic E-state index is 3.70. The van der Waals surface area contributed by atoms with Crippen LogP contribution in [-0.2, 0) is 6.42 Å². The van der Waals surface area contributed by atoms with Crippen molar-refractivity contribution in [1.29, 1.82) is 0 Å². The molecule has 0 spiro atoms. The van der Waals surface area contributed by atoms with E-state index in [1.165, 1.54) is 48.8 Å². The fourth-order valence-electron chi connectivity index (χ4n) is 3.61. The van der Waals surface area contributed by atoms with Crippen LogP contribution < -0.4 is 5.32 Å². The highest BCUT2D eigenvalue weighted by molar-refractivity contribution is 9.10. The Morgan fingerprint density at radius 2 is 1.90 bits per heavy atom. The number of likely N-dealkylation sites (tertiary alicyclic amines) is 1. The fourth-order valence-corrected chi connectivity index (χ4v) is 4.06. The summed E-state index contributed by atoms with van der Waals surface area (Å²) >= 11 is 3.70. The summed E-state index contributed by atoms with van der Waals surface area (Å²) in [6, 6.07) is 9.08. The highest BCUT2D eigenvalue weighted by Crippen LogP contribution is 2.30. The number of halogens is 1. The van der Waals surface area contributed by atoms with E-state index in [1.807, 2.05) is 0 Å². The zero-order valence-electron chi connectivity index (χ0n) is 13.7. The van der Waals surface area contributed by atoms with Gasteiger partial charge in [0.15, 0.2) is 0 Å². The lowest BCUT2D eigenvalue weighted by Gasteiger charge is -2.48. The van der Waals surface area contributed by atoms with Crippen LogP contribution in [0.25, 0.3) is 0 Å². The standard InChI is InChI=1S/C18H29BrN2/c1-4-18(2,21-12-8-5-9-13-21)17(20-3)14-15-10-6-7-11-16(15)19/h6-7,10-11,17,20H,4-5,8-9,12-14H2,1-3H3. The molecule has 2 unspecified atom stereocenters. The number of rotatable bonds is 6. The molecule has 2 atom stereocenters. The molecule has 0 amide bonds. The molecule has 118 valence electrons. The molecule has 2 nitrogen and oxygen atoms in total. The van der Waals surface area contributed by atoms with Crippen molar-refractivity contribution in [3.63, 3.8) is 0 Å². The van der Waals surface area contributed by atoms with E-state index in [1.54, 1.807) is 0 Å². The quantitative estimate of drug-likeness (QED) is 0.823. The van der Waals surface area contributed by atoms with Crippen molar-refractivity contribution in [2.45, 2.75) is 57.5 Å². The molecule has 21 heavy (non-hydrogen) atoms. The predicted molar refractivity (Wildman–Crippen MR) is 94.8 cm³/mol. The number of piperidine rings is 1. The monoisotopic (exact) mass is 352 g/mol. The minimum atomic E-state index is 0.227. The lowest BCUT2D eigenvalue weighted by Crippen LogP contribution is -2.60. The number of likely N-dealkylation sites (N-methyl/N-ethyl adjacent to an activating group) is 1. The SMILES string of the molecule is CCC(C)(C(Cc1ccccc1Br)NC)N1CCCCC1. The molecular weight excluding hydrogens is 324 g/mol. The molecule has 1 aromatic carbocycles. The molecule has 1 aliphatic rings. The molecule has 1 saturated heterocycles. The normalized spacial score (nSPS) is 21.0. The van der Waals surface area contributed by atoms with Crippen LogP contribution in [0, 0.1) is 0 Å². The van der Waals surface area contributed by atoms with E-state index >= 15 is 0 Å². The minimum absolute atomic E-state index is 0.227. The van der Waals surface area contributed by atoms with Crippen molar-refractivity contribution in [3.8, 4) is 0 Å². The van der Waals surface area contributed by atoms with Gasteiger partial charge in [-0.2, -0.15) is 0 Å². The molecule has 0 saturated carbocycles. The van der Waals surface area contributed by atoms with Gasteiger partial charge in [0.25, 0.3) is 0 Å². The lowest BCUT2D eigenvalue weighted by molar-refractivity contribution is 0.0452. The van der Waals surface area contributed by atoms with Gasteiger partial charge < -0.3 is 5.32 Å². The lowest BCUT2D eigenvalue weighted by atomic mass is 9.82. The largest absolute Gasteiger partial charge is 0.315 e. The number of hydrogen-bond acceptors (Lipinski definition) is 2. The van der Waals surface area contributed by atoms with E-state index in [4.69, 9.17) is 0 Å². The average Bonchev–Trinajstić information content (AvgIpc) is 2.54. The molecule has 1 N–H and O–H groups in total. The van der Waals surface area contributed by atoms with Gasteiger partial charge in [0.1, 0.15) is 0 Å². The Labute approximate surface area is 138 Å². The molecule has 2 rings (SSSR count). The second kappa shape index (κ2) is 7.75. The summed E-state index contributed by atoms with van der Waals surface area (Å²) in [7, 11) is 2.11. The average molecular weight is 353 g/mol. The third-order valence-electron chi connectivity index (χ3n) is 5.28. The number of nitrogens with one attached hydrogen (secondary N) is 1. The molecule has 1 heterocycles. The molecule has 3 heteroatoms. The summed E-state index contributed by atoms with van der Waals surface area (Å²) in [6.45, 7) is 7.27. The number of nitrogens with zero attached hydrogens (tertiary/aromatic N) is 1. The van der Waals surface area contributed by atoms with Gasteiger partial charge in [-0.1, -0.05) is 47.5 Å². The summed E-state index contributed by atoms with van der Waals surface area (Å²) in [4.78, 5) is 2.72.